The van der Waals surface area contributed by atoms with Crippen LogP contribution in [0.15, 0.2) is 24.3 Å². The monoisotopic (exact) mass is 294 g/mol. The Morgan fingerprint density at radius 2 is 2.05 bits per heavy atom. The Bertz CT molecular complexity index is 455. The fourth-order valence-electron chi connectivity index (χ4n) is 1.68. The highest BCUT2D eigenvalue weighted by Crippen LogP contribution is 2.19. The summed E-state index contributed by atoms with van der Waals surface area (Å²) in [5, 5.41) is 2.85. The maximum absolute atomic E-state index is 12.1. The molecule has 0 aromatic heterocycles. The van der Waals surface area contributed by atoms with Crippen LogP contribution in [0.25, 0.3) is 0 Å². The Kier molecular flexibility index (Phi) is 6.81. The molecule has 118 valence electrons. The van der Waals surface area contributed by atoms with Gasteiger partial charge in [0.2, 0.25) is 5.91 Å². The third-order valence-corrected chi connectivity index (χ3v) is 3.11. The quantitative estimate of drug-likeness (QED) is 0.756. The first-order valence-corrected chi connectivity index (χ1v) is 7.06. The third kappa shape index (κ3) is 6.25. The molecule has 0 aliphatic carbocycles. The summed E-state index contributed by atoms with van der Waals surface area (Å²) in [7, 11) is 1.64. The summed E-state index contributed by atoms with van der Waals surface area (Å²) in [5.74, 6) is -0.181. The standard InChI is InChI=1S/C16H26N2O3/c1-16(2,3)14(17)15(19)18-13-7-5-6-12(10-13)11-21-9-8-20-4/h5-7,10,14H,8-9,11,17H2,1-4H3,(H,18,19). The minimum absolute atomic E-state index is 0.181. The van der Waals surface area contributed by atoms with E-state index in [0.717, 1.165) is 11.3 Å². The van der Waals surface area contributed by atoms with Crippen LogP contribution in [0.5, 0.6) is 0 Å². The SMILES string of the molecule is COCCOCc1cccc(NC(=O)C(N)C(C)(C)C)c1. The summed E-state index contributed by atoms with van der Waals surface area (Å²) in [5.41, 5.74) is 7.39. The van der Waals surface area contributed by atoms with Crippen molar-refractivity contribution in [2.24, 2.45) is 11.1 Å². The van der Waals surface area contributed by atoms with Crippen LogP contribution in [0.3, 0.4) is 0 Å². The van der Waals surface area contributed by atoms with E-state index in [-0.39, 0.29) is 11.3 Å². The minimum Gasteiger partial charge on any atom is -0.382 e. The van der Waals surface area contributed by atoms with Crippen molar-refractivity contribution in [3.05, 3.63) is 29.8 Å². The van der Waals surface area contributed by atoms with Crippen LogP contribution >= 0.6 is 0 Å². The average Bonchev–Trinajstić information content (AvgIpc) is 2.42. The van der Waals surface area contributed by atoms with E-state index in [0.29, 0.717) is 19.8 Å². The Balaban J connectivity index is 2.58. The first-order chi connectivity index (χ1) is 9.84. The van der Waals surface area contributed by atoms with Crippen LogP contribution in [0, 0.1) is 5.41 Å². The molecule has 5 heteroatoms. The van der Waals surface area contributed by atoms with Gasteiger partial charge in [-0.15, -0.1) is 0 Å². The molecule has 0 aliphatic heterocycles. The number of benzene rings is 1. The highest BCUT2D eigenvalue weighted by molar-refractivity contribution is 5.95. The van der Waals surface area contributed by atoms with E-state index in [4.69, 9.17) is 15.2 Å². The van der Waals surface area contributed by atoms with Crippen LogP contribution in [-0.4, -0.2) is 32.3 Å². The number of rotatable bonds is 7. The molecular formula is C16H26N2O3. The van der Waals surface area contributed by atoms with E-state index >= 15 is 0 Å². The molecule has 0 heterocycles. The van der Waals surface area contributed by atoms with Crippen LogP contribution in [0.4, 0.5) is 5.69 Å². The molecule has 21 heavy (non-hydrogen) atoms. The number of anilines is 1. The molecule has 0 aliphatic rings. The van der Waals surface area contributed by atoms with Crippen LogP contribution in [0.1, 0.15) is 26.3 Å². The summed E-state index contributed by atoms with van der Waals surface area (Å²) in [6.45, 7) is 7.42. The maximum atomic E-state index is 12.1. The second-order valence-corrected chi connectivity index (χ2v) is 6.08. The van der Waals surface area contributed by atoms with E-state index in [1.165, 1.54) is 0 Å². The van der Waals surface area contributed by atoms with Crippen molar-refractivity contribution < 1.29 is 14.3 Å². The number of amides is 1. The molecule has 1 atom stereocenters. The van der Waals surface area contributed by atoms with Crippen LogP contribution in [0.2, 0.25) is 0 Å². The lowest BCUT2D eigenvalue weighted by Crippen LogP contribution is -2.45. The topological polar surface area (TPSA) is 73.6 Å². The number of hydrogen-bond acceptors (Lipinski definition) is 4. The van der Waals surface area contributed by atoms with Gasteiger partial charge < -0.3 is 20.5 Å². The van der Waals surface area contributed by atoms with Gasteiger partial charge in [0.05, 0.1) is 25.9 Å². The van der Waals surface area contributed by atoms with Crippen molar-refractivity contribution in [3.8, 4) is 0 Å². The summed E-state index contributed by atoms with van der Waals surface area (Å²) < 4.78 is 10.4. The summed E-state index contributed by atoms with van der Waals surface area (Å²) in [6.07, 6.45) is 0. The van der Waals surface area contributed by atoms with Crippen molar-refractivity contribution in [2.75, 3.05) is 25.6 Å². The zero-order valence-electron chi connectivity index (χ0n) is 13.3. The number of carbonyl (C=O) groups excluding carboxylic acids is 1. The Hall–Kier alpha value is -1.43. The molecule has 1 aromatic rings. The van der Waals surface area contributed by atoms with Gasteiger partial charge in [-0.25, -0.2) is 0 Å². The zero-order chi connectivity index (χ0) is 15.9. The smallest absolute Gasteiger partial charge is 0.241 e. The molecule has 0 bridgehead atoms. The van der Waals surface area contributed by atoms with Gasteiger partial charge in [-0.05, 0) is 23.1 Å². The van der Waals surface area contributed by atoms with Gasteiger partial charge in [0.1, 0.15) is 0 Å². The highest BCUT2D eigenvalue weighted by Gasteiger charge is 2.27. The lowest BCUT2D eigenvalue weighted by molar-refractivity contribution is -0.119. The van der Waals surface area contributed by atoms with E-state index in [2.05, 4.69) is 5.32 Å². The summed E-state index contributed by atoms with van der Waals surface area (Å²) >= 11 is 0. The predicted octanol–water partition coefficient (Wildman–Crippen LogP) is 2.16. The van der Waals surface area contributed by atoms with Gasteiger partial charge in [-0.1, -0.05) is 32.9 Å². The zero-order valence-corrected chi connectivity index (χ0v) is 13.3. The molecule has 1 amide bonds. The third-order valence-electron chi connectivity index (χ3n) is 3.11. The molecule has 0 saturated heterocycles. The Morgan fingerprint density at radius 1 is 1.33 bits per heavy atom. The van der Waals surface area contributed by atoms with Crippen molar-refractivity contribution in [2.45, 2.75) is 33.4 Å². The lowest BCUT2D eigenvalue weighted by atomic mass is 9.87. The van der Waals surface area contributed by atoms with Crippen molar-refractivity contribution in [1.29, 1.82) is 0 Å². The largest absolute Gasteiger partial charge is 0.382 e. The molecule has 0 spiro atoms. The van der Waals surface area contributed by atoms with Crippen molar-refractivity contribution >= 4 is 11.6 Å². The lowest BCUT2D eigenvalue weighted by Gasteiger charge is -2.25. The van der Waals surface area contributed by atoms with Gasteiger partial charge in [0.25, 0.3) is 0 Å². The molecule has 1 unspecified atom stereocenters. The first-order valence-electron chi connectivity index (χ1n) is 7.06. The number of methoxy groups -OCH3 is 1. The normalized spacial score (nSPS) is 13.0. The number of ether oxygens (including phenoxy) is 2. The average molecular weight is 294 g/mol. The van der Waals surface area contributed by atoms with Gasteiger partial charge in [-0.2, -0.15) is 0 Å². The molecule has 0 saturated carbocycles. The minimum atomic E-state index is -0.556. The molecule has 5 nitrogen and oxygen atoms in total. The molecule has 3 N–H and O–H groups in total. The van der Waals surface area contributed by atoms with Crippen LogP contribution in [-0.2, 0) is 20.9 Å². The second kappa shape index (κ2) is 8.12. The fraction of sp³-hybridized carbons (Fsp3) is 0.562. The molecule has 0 radical (unpaired) electrons. The van der Waals surface area contributed by atoms with Gasteiger partial charge in [0, 0.05) is 12.8 Å². The molecule has 0 fully saturated rings. The Labute approximate surface area is 126 Å². The number of nitrogens with one attached hydrogen (secondary N) is 1. The van der Waals surface area contributed by atoms with Crippen molar-refractivity contribution in [3.63, 3.8) is 0 Å². The molecule has 1 aromatic carbocycles. The predicted molar refractivity (Wildman–Crippen MR) is 84.0 cm³/mol. The van der Waals surface area contributed by atoms with E-state index in [1.54, 1.807) is 7.11 Å². The van der Waals surface area contributed by atoms with Crippen LogP contribution < -0.4 is 11.1 Å². The van der Waals surface area contributed by atoms with E-state index in [1.807, 2.05) is 45.0 Å². The first kappa shape index (κ1) is 17.6. The second-order valence-electron chi connectivity index (χ2n) is 6.08. The van der Waals surface area contributed by atoms with Gasteiger partial charge in [-0.3, -0.25) is 4.79 Å². The maximum Gasteiger partial charge on any atom is 0.241 e. The molecular weight excluding hydrogens is 268 g/mol. The van der Waals surface area contributed by atoms with Crippen molar-refractivity contribution in [1.82, 2.24) is 0 Å². The summed E-state index contributed by atoms with van der Waals surface area (Å²) in [4.78, 5) is 12.1. The highest BCUT2D eigenvalue weighted by atomic mass is 16.5. The number of hydrogen-bond donors (Lipinski definition) is 2. The fourth-order valence-corrected chi connectivity index (χ4v) is 1.68. The summed E-state index contributed by atoms with van der Waals surface area (Å²) in [6, 6.07) is 7.00. The van der Waals surface area contributed by atoms with E-state index < -0.39 is 6.04 Å². The van der Waals surface area contributed by atoms with Gasteiger partial charge in [0.15, 0.2) is 0 Å². The number of carbonyl (C=O) groups is 1. The number of nitrogens with two attached hydrogens (primary N) is 1. The van der Waals surface area contributed by atoms with Gasteiger partial charge >= 0.3 is 0 Å². The van der Waals surface area contributed by atoms with E-state index in [9.17, 15) is 4.79 Å². The Morgan fingerprint density at radius 3 is 2.67 bits per heavy atom. The molecule has 1 rings (SSSR count).